The van der Waals surface area contributed by atoms with E-state index in [2.05, 4.69) is 15.6 Å². The van der Waals surface area contributed by atoms with Crippen molar-refractivity contribution in [3.8, 4) is 0 Å². The van der Waals surface area contributed by atoms with Crippen LogP contribution in [-0.4, -0.2) is 36.8 Å². The van der Waals surface area contributed by atoms with Gasteiger partial charge in [-0.2, -0.15) is 0 Å². The van der Waals surface area contributed by atoms with Crippen LogP contribution >= 0.6 is 24.0 Å². The van der Waals surface area contributed by atoms with E-state index >= 15 is 0 Å². The Balaban J connectivity index is 0.00000144. The summed E-state index contributed by atoms with van der Waals surface area (Å²) < 4.78 is 0. The molecule has 4 nitrogen and oxygen atoms in total. The molecule has 2 saturated carbocycles. The number of aliphatic hydroxyl groups is 1. The highest BCUT2D eigenvalue weighted by Gasteiger charge is 2.34. The van der Waals surface area contributed by atoms with Gasteiger partial charge >= 0.3 is 0 Å². The van der Waals surface area contributed by atoms with Gasteiger partial charge < -0.3 is 15.7 Å². The van der Waals surface area contributed by atoms with Gasteiger partial charge in [-0.05, 0) is 38.0 Å². The topological polar surface area (TPSA) is 56.7 Å². The molecule has 2 rings (SSSR count). The first-order chi connectivity index (χ1) is 7.72. The molecule has 0 atom stereocenters. The molecule has 0 unspecified atom stereocenters. The maximum absolute atomic E-state index is 9.94. The number of rotatable bonds is 4. The van der Waals surface area contributed by atoms with Gasteiger partial charge in [0.25, 0.3) is 0 Å². The molecule has 17 heavy (non-hydrogen) atoms. The van der Waals surface area contributed by atoms with Crippen molar-refractivity contribution in [2.45, 2.75) is 44.1 Å². The first-order valence-electron chi connectivity index (χ1n) is 6.39. The molecule has 0 aromatic rings. The SMILES string of the molecule is CN=C(NCC1CCC1)NCC1(O)CCC1.I. The Morgan fingerprint density at radius 3 is 2.41 bits per heavy atom. The van der Waals surface area contributed by atoms with Gasteiger partial charge in [-0.3, -0.25) is 4.99 Å². The molecule has 0 saturated heterocycles. The van der Waals surface area contributed by atoms with Crippen molar-refractivity contribution in [2.24, 2.45) is 10.9 Å². The quantitative estimate of drug-likeness (QED) is 0.408. The highest BCUT2D eigenvalue weighted by atomic mass is 127. The maximum atomic E-state index is 9.94. The van der Waals surface area contributed by atoms with Crippen molar-refractivity contribution < 1.29 is 5.11 Å². The van der Waals surface area contributed by atoms with Crippen LogP contribution in [0.2, 0.25) is 0 Å². The smallest absolute Gasteiger partial charge is 0.191 e. The summed E-state index contributed by atoms with van der Waals surface area (Å²) in [7, 11) is 1.78. The van der Waals surface area contributed by atoms with Crippen molar-refractivity contribution in [1.82, 2.24) is 10.6 Å². The fraction of sp³-hybridized carbons (Fsp3) is 0.917. The second kappa shape index (κ2) is 6.78. The molecule has 0 aromatic heterocycles. The summed E-state index contributed by atoms with van der Waals surface area (Å²) in [4.78, 5) is 4.16. The summed E-state index contributed by atoms with van der Waals surface area (Å²) in [6.07, 6.45) is 7.03. The fourth-order valence-corrected chi connectivity index (χ4v) is 2.17. The predicted octanol–water partition coefficient (Wildman–Crippen LogP) is 1.48. The first-order valence-corrected chi connectivity index (χ1v) is 6.39. The number of nitrogens with one attached hydrogen (secondary N) is 2. The Bertz CT molecular complexity index is 262. The molecule has 2 aliphatic rings. The summed E-state index contributed by atoms with van der Waals surface area (Å²) in [6.45, 7) is 1.63. The Hall–Kier alpha value is -0.0400. The molecule has 5 heteroatoms. The highest BCUT2D eigenvalue weighted by molar-refractivity contribution is 14.0. The second-order valence-electron chi connectivity index (χ2n) is 5.18. The van der Waals surface area contributed by atoms with Crippen molar-refractivity contribution in [3.05, 3.63) is 0 Å². The van der Waals surface area contributed by atoms with Gasteiger partial charge in [0.1, 0.15) is 0 Å². The third-order valence-corrected chi connectivity index (χ3v) is 3.88. The Labute approximate surface area is 121 Å². The molecular formula is C12H24IN3O. The van der Waals surface area contributed by atoms with E-state index < -0.39 is 5.60 Å². The van der Waals surface area contributed by atoms with E-state index in [4.69, 9.17) is 0 Å². The van der Waals surface area contributed by atoms with Crippen molar-refractivity contribution in [3.63, 3.8) is 0 Å². The van der Waals surface area contributed by atoms with Crippen LogP contribution in [-0.2, 0) is 0 Å². The Morgan fingerprint density at radius 2 is 2.00 bits per heavy atom. The third-order valence-electron chi connectivity index (χ3n) is 3.88. The van der Waals surface area contributed by atoms with Crippen LogP contribution in [0.15, 0.2) is 4.99 Å². The van der Waals surface area contributed by atoms with E-state index in [1.165, 1.54) is 19.3 Å². The minimum Gasteiger partial charge on any atom is -0.388 e. The highest BCUT2D eigenvalue weighted by Crippen LogP contribution is 2.30. The zero-order valence-electron chi connectivity index (χ0n) is 10.5. The minimum atomic E-state index is -0.478. The van der Waals surface area contributed by atoms with E-state index in [9.17, 15) is 5.11 Å². The molecule has 0 spiro atoms. The average molecular weight is 353 g/mol. The van der Waals surface area contributed by atoms with Crippen LogP contribution < -0.4 is 10.6 Å². The monoisotopic (exact) mass is 353 g/mol. The van der Waals surface area contributed by atoms with Crippen molar-refractivity contribution in [2.75, 3.05) is 20.1 Å². The fourth-order valence-electron chi connectivity index (χ4n) is 2.17. The van der Waals surface area contributed by atoms with Crippen LogP contribution in [0.3, 0.4) is 0 Å². The largest absolute Gasteiger partial charge is 0.388 e. The summed E-state index contributed by atoms with van der Waals surface area (Å²) in [5.41, 5.74) is -0.478. The van der Waals surface area contributed by atoms with E-state index in [1.54, 1.807) is 7.05 Å². The molecule has 0 bridgehead atoms. The molecular weight excluding hydrogens is 329 g/mol. The summed E-state index contributed by atoms with van der Waals surface area (Å²) in [5, 5.41) is 16.5. The van der Waals surface area contributed by atoms with Crippen LogP contribution in [0.1, 0.15) is 38.5 Å². The second-order valence-corrected chi connectivity index (χ2v) is 5.18. The van der Waals surface area contributed by atoms with E-state index in [1.807, 2.05) is 0 Å². The van der Waals surface area contributed by atoms with Gasteiger partial charge in [0.15, 0.2) is 5.96 Å². The summed E-state index contributed by atoms with van der Waals surface area (Å²) >= 11 is 0. The number of hydrogen-bond donors (Lipinski definition) is 3. The number of hydrogen-bond acceptors (Lipinski definition) is 2. The average Bonchev–Trinajstić information content (AvgIpc) is 2.17. The van der Waals surface area contributed by atoms with Crippen LogP contribution in [0.4, 0.5) is 0 Å². The molecule has 2 aliphatic carbocycles. The van der Waals surface area contributed by atoms with Crippen LogP contribution in [0.5, 0.6) is 0 Å². The van der Waals surface area contributed by atoms with E-state index in [0.717, 1.165) is 37.7 Å². The van der Waals surface area contributed by atoms with Crippen LogP contribution in [0, 0.1) is 5.92 Å². The van der Waals surface area contributed by atoms with Gasteiger partial charge in [-0.15, -0.1) is 24.0 Å². The van der Waals surface area contributed by atoms with E-state index in [-0.39, 0.29) is 24.0 Å². The zero-order chi connectivity index (χ0) is 11.4. The lowest BCUT2D eigenvalue weighted by Gasteiger charge is -2.37. The molecule has 0 aromatic carbocycles. The Kier molecular flexibility index (Phi) is 5.99. The molecule has 0 aliphatic heterocycles. The van der Waals surface area contributed by atoms with Crippen molar-refractivity contribution >= 4 is 29.9 Å². The lowest BCUT2D eigenvalue weighted by atomic mass is 9.80. The predicted molar refractivity (Wildman–Crippen MR) is 80.9 cm³/mol. The van der Waals surface area contributed by atoms with Gasteiger partial charge in [-0.1, -0.05) is 6.42 Å². The number of aliphatic imine (C=N–C) groups is 1. The zero-order valence-corrected chi connectivity index (χ0v) is 12.9. The molecule has 100 valence electrons. The molecule has 0 radical (unpaired) electrons. The summed E-state index contributed by atoms with van der Waals surface area (Å²) in [6, 6.07) is 0. The first kappa shape index (κ1) is 15.0. The number of guanidine groups is 1. The van der Waals surface area contributed by atoms with Gasteiger partial charge in [0.2, 0.25) is 0 Å². The molecule has 2 fully saturated rings. The molecule has 3 N–H and O–H groups in total. The van der Waals surface area contributed by atoms with Crippen molar-refractivity contribution in [1.29, 1.82) is 0 Å². The number of nitrogens with zero attached hydrogens (tertiary/aromatic N) is 1. The van der Waals surface area contributed by atoms with Gasteiger partial charge in [-0.25, -0.2) is 0 Å². The standard InChI is InChI=1S/C12H23N3O.HI/c1-13-11(14-8-10-4-2-5-10)15-9-12(16)6-3-7-12;/h10,16H,2-9H2,1H3,(H2,13,14,15);1H. The van der Waals surface area contributed by atoms with Gasteiger partial charge in [0, 0.05) is 20.1 Å². The van der Waals surface area contributed by atoms with Gasteiger partial charge in [0.05, 0.1) is 5.60 Å². The summed E-state index contributed by atoms with van der Waals surface area (Å²) in [5.74, 6) is 1.65. The normalized spacial score (nSPS) is 23.1. The molecule has 0 heterocycles. The minimum absolute atomic E-state index is 0. The number of halogens is 1. The lowest BCUT2D eigenvalue weighted by molar-refractivity contribution is -0.0279. The maximum Gasteiger partial charge on any atom is 0.191 e. The Morgan fingerprint density at radius 1 is 1.29 bits per heavy atom. The lowest BCUT2D eigenvalue weighted by Crippen LogP contribution is -2.51. The molecule has 0 amide bonds. The third kappa shape index (κ3) is 4.28. The van der Waals surface area contributed by atoms with E-state index in [0.29, 0.717) is 6.54 Å². The van der Waals surface area contributed by atoms with Crippen LogP contribution in [0.25, 0.3) is 0 Å².